The first-order chi connectivity index (χ1) is 9.69. The summed E-state index contributed by atoms with van der Waals surface area (Å²) in [6.45, 7) is 7.73. The van der Waals surface area contributed by atoms with E-state index in [1.807, 2.05) is 12.2 Å². The highest BCUT2D eigenvalue weighted by atomic mass is 35.5. The largest absolute Gasteiger partial charge is 0.396 e. The molecule has 20 heavy (non-hydrogen) atoms. The highest BCUT2D eigenvalue weighted by molar-refractivity contribution is 6.18. The first-order valence-corrected chi connectivity index (χ1v) is 8.32. The molecule has 0 aliphatic heterocycles. The Balaban J connectivity index is 0. The van der Waals surface area contributed by atoms with Gasteiger partial charge in [0.25, 0.3) is 0 Å². The Morgan fingerprint density at radius 3 is 1.35 bits per heavy atom. The molecule has 0 aromatic rings. The molecule has 4 heteroatoms. The molecule has 0 rings (SSSR count). The fourth-order valence-electron chi connectivity index (χ4n) is 1.77. The summed E-state index contributed by atoms with van der Waals surface area (Å²) >= 11 is 11.0. The van der Waals surface area contributed by atoms with Crippen LogP contribution < -0.4 is 0 Å². The van der Waals surface area contributed by atoms with Gasteiger partial charge in [0.05, 0.1) is 0 Å². The van der Waals surface area contributed by atoms with E-state index in [0.717, 1.165) is 38.5 Å². The second-order valence-corrected chi connectivity index (χ2v) is 5.56. The van der Waals surface area contributed by atoms with Crippen LogP contribution in [-0.2, 0) is 0 Å². The molecule has 0 unspecified atom stereocenters. The van der Waals surface area contributed by atoms with Crippen LogP contribution in [0.15, 0.2) is 25.3 Å². The quantitative estimate of drug-likeness (QED) is 0.413. The maximum absolute atomic E-state index is 8.79. The van der Waals surface area contributed by atoms with Gasteiger partial charge >= 0.3 is 0 Å². The smallest absolute Gasteiger partial charge is 0.0462 e. The van der Waals surface area contributed by atoms with Crippen molar-refractivity contribution in [2.24, 2.45) is 11.8 Å². The van der Waals surface area contributed by atoms with Crippen molar-refractivity contribution in [1.82, 2.24) is 0 Å². The minimum atomic E-state index is 0.253. The SMILES string of the molecule is C=CC[C@@H](CO)CCCCl.C=CC[C@@H](CO)CCCCl. The molecule has 0 bridgehead atoms. The summed E-state index contributed by atoms with van der Waals surface area (Å²) in [5.74, 6) is 2.12. The Kier molecular flexibility index (Phi) is 21.1. The Morgan fingerprint density at radius 2 is 1.15 bits per heavy atom. The van der Waals surface area contributed by atoms with E-state index in [1.54, 1.807) is 0 Å². The molecule has 0 aromatic heterocycles. The lowest BCUT2D eigenvalue weighted by molar-refractivity contribution is 0.219. The molecule has 0 fully saturated rings. The zero-order valence-corrected chi connectivity index (χ0v) is 14.0. The molecule has 0 radical (unpaired) electrons. The summed E-state index contributed by atoms with van der Waals surface area (Å²) in [5, 5.41) is 17.6. The molecule has 2 atom stereocenters. The van der Waals surface area contributed by atoms with Gasteiger partial charge in [0.2, 0.25) is 0 Å². The molecule has 0 aliphatic carbocycles. The number of allylic oxidation sites excluding steroid dienone is 2. The van der Waals surface area contributed by atoms with Crippen molar-refractivity contribution in [2.75, 3.05) is 25.0 Å². The Bertz CT molecular complexity index is 189. The summed E-state index contributed by atoms with van der Waals surface area (Å²) < 4.78 is 0. The molecule has 120 valence electrons. The molecule has 2 N–H and O–H groups in total. The van der Waals surface area contributed by atoms with Crippen molar-refractivity contribution in [2.45, 2.75) is 38.5 Å². The lowest BCUT2D eigenvalue weighted by Crippen LogP contribution is -2.04. The number of rotatable bonds is 12. The monoisotopic (exact) mass is 324 g/mol. The highest BCUT2D eigenvalue weighted by Gasteiger charge is 2.03. The normalized spacial score (nSPS) is 13.0. The number of aliphatic hydroxyl groups is 2. The first kappa shape index (κ1) is 22.3. The number of aliphatic hydroxyl groups excluding tert-OH is 2. The van der Waals surface area contributed by atoms with Gasteiger partial charge < -0.3 is 10.2 Å². The maximum atomic E-state index is 8.79. The Morgan fingerprint density at radius 1 is 0.800 bits per heavy atom. The molecule has 0 saturated carbocycles. The van der Waals surface area contributed by atoms with Gasteiger partial charge in [-0.3, -0.25) is 0 Å². The summed E-state index contributed by atoms with van der Waals surface area (Å²) in [4.78, 5) is 0. The van der Waals surface area contributed by atoms with E-state index in [-0.39, 0.29) is 13.2 Å². The van der Waals surface area contributed by atoms with E-state index in [9.17, 15) is 0 Å². The van der Waals surface area contributed by atoms with Crippen LogP contribution in [0, 0.1) is 11.8 Å². The minimum absolute atomic E-state index is 0.253. The van der Waals surface area contributed by atoms with Crippen LogP contribution in [0.1, 0.15) is 38.5 Å². The Hall–Kier alpha value is -0.0200. The van der Waals surface area contributed by atoms with Crippen LogP contribution in [0.5, 0.6) is 0 Å². The standard InChI is InChI=1S/2C8H15ClO/c2*1-2-4-8(7-10)5-3-6-9/h2*2,8,10H,1,3-7H2/t2*8-/m11/s1. The van der Waals surface area contributed by atoms with Gasteiger partial charge in [-0.1, -0.05) is 12.2 Å². The third kappa shape index (κ3) is 16.0. The molecule has 0 amide bonds. The van der Waals surface area contributed by atoms with Crippen LogP contribution in [0.2, 0.25) is 0 Å². The fraction of sp³-hybridized carbons (Fsp3) is 0.750. The van der Waals surface area contributed by atoms with Gasteiger partial charge in [-0.15, -0.1) is 36.4 Å². The average Bonchev–Trinajstić information content (AvgIpc) is 2.48. The number of hydrogen-bond acceptors (Lipinski definition) is 2. The second-order valence-electron chi connectivity index (χ2n) is 4.81. The summed E-state index contributed by atoms with van der Waals surface area (Å²) in [6, 6.07) is 0. The number of alkyl halides is 2. The van der Waals surface area contributed by atoms with Gasteiger partial charge in [0.15, 0.2) is 0 Å². The average molecular weight is 325 g/mol. The van der Waals surface area contributed by atoms with Crippen LogP contribution in [0.25, 0.3) is 0 Å². The van der Waals surface area contributed by atoms with E-state index in [2.05, 4.69) is 13.2 Å². The van der Waals surface area contributed by atoms with Gasteiger partial charge in [-0.05, 0) is 50.4 Å². The van der Waals surface area contributed by atoms with Crippen molar-refractivity contribution in [3.8, 4) is 0 Å². The molecule has 0 spiro atoms. The van der Waals surface area contributed by atoms with Crippen molar-refractivity contribution in [3.63, 3.8) is 0 Å². The van der Waals surface area contributed by atoms with E-state index in [4.69, 9.17) is 33.4 Å². The fourth-order valence-corrected chi connectivity index (χ4v) is 2.08. The topological polar surface area (TPSA) is 40.5 Å². The molecular weight excluding hydrogens is 295 g/mol. The number of halogens is 2. The molecule has 2 nitrogen and oxygen atoms in total. The molecule has 0 saturated heterocycles. The Labute approximate surface area is 134 Å². The van der Waals surface area contributed by atoms with E-state index in [0.29, 0.717) is 23.6 Å². The molecule has 0 aliphatic rings. The maximum Gasteiger partial charge on any atom is 0.0462 e. The van der Waals surface area contributed by atoms with Crippen molar-refractivity contribution in [1.29, 1.82) is 0 Å². The van der Waals surface area contributed by atoms with E-state index in [1.165, 1.54) is 0 Å². The summed E-state index contributed by atoms with van der Waals surface area (Å²) in [7, 11) is 0. The predicted octanol–water partition coefficient (Wildman–Crippen LogP) is 4.38. The van der Waals surface area contributed by atoms with Gasteiger partial charge in [0, 0.05) is 25.0 Å². The molecule has 0 heterocycles. The van der Waals surface area contributed by atoms with Crippen molar-refractivity contribution in [3.05, 3.63) is 25.3 Å². The summed E-state index contributed by atoms with van der Waals surface area (Å²) in [6.07, 6.45) is 9.46. The predicted molar refractivity (Wildman–Crippen MR) is 90.7 cm³/mol. The highest BCUT2D eigenvalue weighted by Crippen LogP contribution is 2.11. The lowest BCUT2D eigenvalue weighted by atomic mass is 10.0. The van der Waals surface area contributed by atoms with Gasteiger partial charge in [-0.25, -0.2) is 0 Å². The van der Waals surface area contributed by atoms with Crippen LogP contribution in [-0.4, -0.2) is 35.2 Å². The molecule has 0 aromatic carbocycles. The van der Waals surface area contributed by atoms with E-state index >= 15 is 0 Å². The lowest BCUT2D eigenvalue weighted by Gasteiger charge is -2.09. The zero-order valence-electron chi connectivity index (χ0n) is 12.4. The van der Waals surface area contributed by atoms with Gasteiger partial charge in [0.1, 0.15) is 0 Å². The molecular formula is C16H30Cl2O2. The third-order valence-electron chi connectivity index (χ3n) is 3.01. The number of hydrogen-bond donors (Lipinski definition) is 2. The van der Waals surface area contributed by atoms with Crippen LogP contribution in [0.3, 0.4) is 0 Å². The van der Waals surface area contributed by atoms with Gasteiger partial charge in [-0.2, -0.15) is 0 Å². The van der Waals surface area contributed by atoms with Crippen LogP contribution >= 0.6 is 23.2 Å². The van der Waals surface area contributed by atoms with Crippen molar-refractivity contribution < 1.29 is 10.2 Å². The summed E-state index contributed by atoms with van der Waals surface area (Å²) in [5.41, 5.74) is 0. The minimum Gasteiger partial charge on any atom is -0.396 e. The van der Waals surface area contributed by atoms with E-state index < -0.39 is 0 Å². The first-order valence-electron chi connectivity index (χ1n) is 7.25. The zero-order chi connectivity index (χ0) is 15.6. The van der Waals surface area contributed by atoms with Crippen LogP contribution in [0.4, 0.5) is 0 Å². The third-order valence-corrected chi connectivity index (χ3v) is 3.54. The second kappa shape index (κ2) is 19.0. The van der Waals surface area contributed by atoms with Crippen molar-refractivity contribution >= 4 is 23.2 Å².